The van der Waals surface area contributed by atoms with E-state index in [0.29, 0.717) is 0 Å². The van der Waals surface area contributed by atoms with E-state index in [0.717, 1.165) is 49.7 Å². The van der Waals surface area contributed by atoms with Crippen molar-refractivity contribution in [2.75, 3.05) is 25.4 Å². The van der Waals surface area contributed by atoms with E-state index in [1.807, 2.05) is 6.07 Å². The van der Waals surface area contributed by atoms with Crippen molar-refractivity contribution in [1.29, 1.82) is 0 Å². The van der Waals surface area contributed by atoms with E-state index in [1.54, 1.807) is 6.92 Å². The van der Waals surface area contributed by atoms with Gasteiger partial charge in [0.25, 0.3) is 0 Å². The average molecular weight is 530 g/mol. The Hall–Kier alpha value is -0.630. The SMILES string of the molecule is CCS(=O)(=O)N[C@H]1CC[C@H](CCN2CCC(Cc3cc(OC(C)C)ccc3Br)CC2)CC1. The predicted molar refractivity (Wildman–Crippen MR) is 136 cm³/mol. The zero-order valence-corrected chi connectivity index (χ0v) is 22.4. The fourth-order valence-corrected chi connectivity index (χ4v) is 6.37. The molecule has 1 saturated carbocycles. The topological polar surface area (TPSA) is 58.6 Å². The van der Waals surface area contributed by atoms with Crippen LogP contribution in [-0.2, 0) is 16.4 Å². The molecule has 0 atom stereocenters. The van der Waals surface area contributed by atoms with Crippen LogP contribution in [0.3, 0.4) is 0 Å². The van der Waals surface area contributed by atoms with Gasteiger partial charge in [-0.2, -0.15) is 0 Å². The molecule has 1 N–H and O–H groups in total. The zero-order chi connectivity index (χ0) is 23.1. The van der Waals surface area contributed by atoms with E-state index in [2.05, 4.69) is 51.5 Å². The van der Waals surface area contributed by atoms with Gasteiger partial charge in [-0.1, -0.05) is 15.9 Å². The van der Waals surface area contributed by atoms with E-state index in [1.165, 1.54) is 48.9 Å². The summed E-state index contributed by atoms with van der Waals surface area (Å²) in [7, 11) is -3.07. The molecule has 2 aliphatic rings. The molecule has 3 rings (SSSR count). The first kappa shape index (κ1) is 26.0. The summed E-state index contributed by atoms with van der Waals surface area (Å²) < 4.78 is 33.5. The maximum atomic E-state index is 11.8. The number of sulfonamides is 1. The molecule has 7 heteroatoms. The van der Waals surface area contributed by atoms with Crippen LogP contribution in [0.5, 0.6) is 5.75 Å². The van der Waals surface area contributed by atoms with Gasteiger partial charge in [0.1, 0.15) is 5.75 Å². The van der Waals surface area contributed by atoms with Crippen molar-refractivity contribution in [3.8, 4) is 5.75 Å². The van der Waals surface area contributed by atoms with Gasteiger partial charge in [-0.05, 0) is 127 Å². The first-order valence-electron chi connectivity index (χ1n) is 12.4. The third-order valence-electron chi connectivity index (χ3n) is 7.03. The number of likely N-dealkylation sites (tertiary alicyclic amines) is 1. The molecule has 1 heterocycles. The molecular formula is C25H41BrN2O3S. The van der Waals surface area contributed by atoms with Crippen molar-refractivity contribution in [3.63, 3.8) is 0 Å². The number of nitrogens with zero attached hydrogens (tertiary/aromatic N) is 1. The molecule has 2 fully saturated rings. The van der Waals surface area contributed by atoms with Gasteiger partial charge in [0.2, 0.25) is 10.0 Å². The van der Waals surface area contributed by atoms with Crippen LogP contribution in [0.25, 0.3) is 0 Å². The molecule has 182 valence electrons. The molecule has 0 spiro atoms. The standard InChI is InChI=1S/C25H41BrN2O3S/c1-4-32(29,30)27-23-7-5-20(6-8-23)11-14-28-15-12-21(13-16-28)17-22-18-24(31-19(2)3)9-10-25(22)26/h9-10,18-21,23,27H,4-8,11-17H2,1-3H3/t20-,23-. The van der Waals surface area contributed by atoms with Crippen LogP contribution in [0.15, 0.2) is 22.7 Å². The summed E-state index contributed by atoms with van der Waals surface area (Å²) in [4.78, 5) is 2.63. The molecule has 0 amide bonds. The van der Waals surface area contributed by atoms with E-state index in [4.69, 9.17) is 4.74 Å². The second-order valence-electron chi connectivity index (χ2n) is 9.94. The summed E-state index contributed by atoms with van der Waals surface area (Å²) in [6.07, 6.45) is 9.34. The average Bonchev–Trinajstić information content (AvgIpc) is 2.76. The zero-order valence-electron chi connectivity index (χ0n) is 20.0. The lowest BCUT2D eigenvalue weighted by atomic mass is 9.84. The normalized spacial score (nSPS) is 23.5. The lowest BCUT2D eigenvalue weighted by Gasteiger charge is -2.34. The van der Waals surface area contributed by atoms with Gasteiger partial charge in [-0.3, -0.25) is 0 Å². The highest BCUT2D eigenvalue weighted by atomic mass is 79.9. The third kappa shape index (κ3) is 8.30. The predicted octanol–water partition coefficient (Wildman–Crippen LogP) is 5.38. The van der Waals surface area contributed by atoms with Gasteiger partial charge in [0, 0.05) is 10.5 Å². The second-order valence-corrected chi connectivity index (χ2v) is 12.8. The number of nitrogens with one attached hydrogen (secondary N) is 1. The van der Waals surface area contributed by atoms with Crippen LogP contribution in [0.1, 0.15) is 71.3 Å². The van der Waals surface area contributed by atoms with Crippen LogP contribution < -0.4 is 9.46 Å². The van der Waals surface area contributed by atoms with E-state index >= 15 is 0 Å². The summed E-state index contributed by atoms with van der Waals surface area (Å²) in [5, 5.41) is 0. The number of rotatable bonds is 10. The molecule has 0 bridgehead atoms. The molecule has 1 saturated heterocycles. The van der Waals surface area contributed by atoms with Crippen LogP contribution in [0.4, 0.5) is 0 Å². The van der Waals surface area contributed by atoms with Crippen molar-refractivity contribution < 1.29 is 13.2 Å². The highest BCUT2D eigenvalue weighted by molar-refractivity contribution is 9.10. The lowest BCUT2D eigenvalue weighted by Crippen LogP contribution is -2.39. The molecule has 1 aliphatic heterocycles. The Morgan fingerprint density at radius 2 is 1.78 bits per heavy atom. The molecule has 1 aromatic carbocycles. The Kier molecular flexibility index (Phi) is 9.89. The van der Waals surface area contributed by atoms with Gasteiger partial charge in [0.05, 0.1) is 11.9 Å². The summed E-state index contributed by atoms with van der Waals surface area (Å²) in [6, 6.07) is 6.51. The molecule has 0 unspecified atom stereocenters. The van der Waals surface area contributed by atoms with Crippen molar-refractivity contribution in [3.05, 3.63) is 28.2 Å². The number of halogens is 1. The highest BCUT2D eigenvalue weighted by Crippen LogP contribution is 2.31. The molecule has 0 radical (unpaired) electrons. The molecular weight excluding hydrogens is 488 g/mol. The molecule has 0 aromatic heterocycles. The first-order chi connectivity index (χ1) is 15.2. The Morgan fingerprint density at radius 3 is 2.41 bits per heavy atom. The summed E-state index contributed by atoms with van der Waals surface area (Å²) in [5.74, 6) is 2.62. The molecule has 1 aromatic rings. The van der Waals surface area contributed by atoms with Gasteiger partial charge in [-0.15, -0.1) is 0 Å². The van der Waals surface area contributed by atoms with E-state index in [-0.39, 0.29) is 17.9 Å². The van der Waals surface area contributed by atoms with Gasteiger partial charge in [0.15, 0.2) is 0 Å². The van der Waals surface area contributed by atoms with Gasteiger partial charge in [-0.25, -0.2) is 13.1 Å². The number of hydrogen-bond acceptors (Lipinski definition) is 4. The maximum absolute atomic E-state index is 11.8. The van der Waals surface area contributed by atoms with Crippen molar-refractivity contribution in [2.45, 2.75) is 84.3 Å². The minimum absolute atomic E-state index is 0.149. The fourth-order valence-electron chi connectivity index (χ4n) is 5.05. The van der Waals surface area contributed by atoms with Gasteiger partial charge < -0.3 is 9.64 Å². The molecule has 32 heavy (non-hydrogen) atoms. The summed E-state index contributed by atoms with van der Waals surface area (Å²) in [5.41, 5.74) is 1.36. The monoisotopic (exact) mass is 528 g/mol. The second kappa shape index (κ2) is 12.2. The Morgan fingerprint density at radius 1 is 1.09 bits per heavy atom. The molecule has 5 nitrogen and oxygen atoms in total. The summed E-state index contributed by atoms with van der Waals surface area (Å²) in [6.45, 7) is 9.40. The van der Waals surface area contributed by atoms with Crippen LogP contribution in [0, 0.1) is 11.8 Å². The quantitative estimate of drug-likeness (QED) is 0.442. The maximum Gasteiger partial charge on any atom is 0.211 e. The number of benzene rings is 1. The van der Waals surface area contributed by atoms with Crippen molar-refractivity contribution in [2.24, 2.45) is 11.8 Å². The van der Waals surface area contributed by atoms with Crippen LogP contribution >= 0.6 is 15.9 Å². The van der Waals surface area contributed by atoms with Crippen LogP contribution in [-0.4, -0.2) is 50.9 Å². The fraction of sp³-hybridized carbons (Fsp3) is 0.760. The lowest BCUT2D eigenvalue weighted by molar-refractivity contribution is 0.164. The van der Waals surface area contributed by atoms with Crippen LogP contribution in [0.2, 0.25) is 0 Å². The molecule has 1 aliphatic carbocycles. The van der Waals surface area contributed by atoms with Gasteiger partial charge >= 0.3 is 0 Å². The number of hydrogen-bond donors (Lipinski definition) is 1. The minimum Gasteiger partial charge on any atom is -0.491 e. The third-order valence-corrected chi connectivity index (χ3v) is 9.26. The highest BCUT2D eigenvalue weighted by Gasteiger charge is 2.25. The minimum atomic E-state index is -3.07. The van der Waals surface area contributed by atoms with Crippen molar-refractivity contribution in [1.82, 2.24) is 9.62 Å². The number of piperidine rings is 1. The smallest absolute Gasteiger partial charge is 0.211 e. The Bertz CT molecular complexity index is 814. The Labute approximate surface area is 203 Å². The Balaban J connectivity index is 1.36. The van der Waals surface area contributed by atoms with Crippen molar-refractivity contribution >= 4 is 26.0 Å². The van der Waals surface area contributed by atoms with E-state index in [9.17, 15) is 8.42 Å². The summed E-state index contributed by atoms with van der Waals surface area (Å²) >= 11 is 3.72. The first-order valence-corrected chi connectivity index (χ1v) is 14.9. The van der Waals surface area contributed by atoms with E-state index < -0.39 is 10.0 Å². The largest absolute Gasteiger partial charge is 0.491 e. The number of ether oxygens (including phenoxy) is 1.